The van der Waals surface area contributed by atoms with Gasteiger partial charge in [0, 0.05) is 19.2 Å². The maximum absolute atomic E-state index is 13.2. The predicted octanol–water partition coefficient (Wildman–Crippen LogP) is 2.17. The van der Waals surface area contributed by atoms with Crippen molar-refractivity contribution in [2.45, 2.75) is 19.3 Å². The molecule has 1 aromatic rings. The first-order valence-corrected chi connectivity index (χ1v) is 5.08. The van der Waals surface area contributed by atoms with Gasteiger partial charge in [-0.1, -0.05) is 6.42 Å². The molecule has 1 saturated heterocycles. The van der Waals surface area contributed by atoms with Gasteiger partial charge in [0.1, 0.15) is 5.82 Å². The second-order valence-electron chi connectivity index (χ2n) is 3.64. The van der Waals surface area contributed by atoms with Gasteiger partial charge in [0.25, 0.3) is 0 Å². The molecule has 0 atom stereocenters. The minimum absolute atomic E-state index is 0.0956. The third kappa shape index (κ3) is 2.62. The van der Waals surface area contributed by atoms with E-state index in [2.05, 4.69) is 10.4 Å². The summed E-state index contributed by atoms with van der Waals surface area (Å²) in [6.07, 6.45) is 4.40. The Bertz CT molecular complexity index is 337. The lowest BCUT2D eigenvalue weighted by Crippen LogP contribution is -2.35. The number of hydrogen-bond acceptors (Lipinski definition) is 3. The summed E-state index contributed by atoms with van der Waals surface area (Å²) in [5.41, 5.74) is 2.86. The molecule has 2 rings (SSSR count). The van der Waals surface area contributed by atoms with Gasteiger partial charge in [0.2, 0.25) is 0 Å². The Labute approximate surface area is 87.1 Å². The summed E-state index contributed by atoms with van der Waals surface area (Å²) in [7, 11) is 0. The van der Waals surface area contributed by atoms with E-state index in [1.54, 1.807) is 0 Å². The third-order valence-electron chi connectivity index (χ3n) is 2.43. The summed E-state index contributed by atoms with van der Waals surface area (Å²) in [6.45, 7) is 1.75. The lowest BCUT2D eigenvalue weighted by molar-refractivity contribution is 0.270. The molecule has 0 bridgehead atoms. The van der Waals surface area contributed by atoms with Crippen LogP contribution in [0.25, 0.3) is 0 Å². The Morgan fingerprint density at radius 2 is 1.93 bits per heavy atom. The summed E-state index contributed by atoms with van der Waals surface area (Å²) in [6, 6.07) is 0.833. The van der Waals surface area contributed by atoms with Crippen LogP contribution in [0.1, 0.15) is 19.3 Å². The van der Waals surface area contributed by atoms with E-state index in [0.717, 1.165) is 38.2 Å². The molecule has 1 N–H and O–H groups in total. The quantitative estimate of drug-likeness (QED) is 0.816. The van der Waals surface area contributed by atoms with E-state index in [0.29, 0.717) is 0 Å². The highest BCUT2D eigenvalue weighted by molar-refractivity contribution is 5.34. The van der Waals surface area contributed by atoms with Crippen molar-refractivity contribution in [2.75, 3.05) is 18.5 Å². The number of nitrogens with zero attached hydrogens (tertiary/aromatic N) is 2. The van der Waals surface area contributed by atoms with E-state index in [4.69, 9.17) is 0 Å². The van der Waals surface area contributed by atoms with Crippen molar-refractivity contribution in [3.8, 4) is 0 Å². The molecule has 1 fully saturated rings. The molecule has 0 amide bonds. The largest absolute Gasteiger partial charge is 0.301 e. The highest BCUT2D eigenvalue weighted by atomic mass is 19.1. The Balaban J connectivity index is 2.03. The minimum atomic E-state index is -0.656. The van der Waals surface area contributed by atoms with Gasteiger partial charge < -0.3 is 5.43 Å². The number of hydrogen-bond donors (Lipinski definition) is 1. The van der Waals surface area contributed by atoms with Crippen LogP contribution < -0.4 is 5.43 Å². The zero-order chi connectivity index (χ0) is 10.7. The number of aromatic nitrogens is 1. The Morgan fingerprint density at radius 1 is 1.20 bits per heavy atom. The minimum Gasteiger partial charge on any atom is -0.301 e. The summed E-state index contributed by atoms with van der Waals surface area (Å²) in [5.74, 6) is -1.21. The first-order chi connectivity index (χ1) is 7.25. The molecule has 5 heteroatoms. The average molecular weight is 213 g/mol. The van der Waals surface area contributed by atoms with Gasteiger partial charge in [0.15, 0.2) is 11.6 Å². The zero-order valence-electron chi connectivity index (χ0n) is 8.34. The monoisotopic (exact) mass is 213 g/mol. The van der Waals surface area contributed by atoms with E-state index in [1.165, 1.54) is 6.42 Å². The molecule has 0 aliphatic carbocycles. The van der Waals surface area contributed by atoms with Crippen molar-refractivity contribution in [3.63, 3.8) is 0 Å². The van der Waals surface area contributed by atoms with Crippen LogP contribution in [0.15, 0.2) is 12.3 Å². The van der Waals surface area contributed by atoms with E-state index in [9.17, 15) is 8.78 Å². The van der Waals surface area contributed by atoms with Crippen LogP contribution in [-0.2, 0) is 0 Å². The van der Waals surface area contributed by atoms with Crippen molar-refractivity contribution < 1.29 is 8.78 Å². The number of anilines is 1. The second-order valence-corrected chi connectivity index (χ2v) is 3.64. The molecule has 1 aromatic heterocycles. The summed E-state index contributed by atoms with van der Waals surface area (Å²) in [4.78, 5) is 3.67. The lowest BCUT2D eigenvalue weighted by atomic mass is 10.2. The second kappa shape index (κ2) is 4.53. The fourth-order valence-electron chi connectivity index (χ4n) is 1.65. The van der Waals surface area contributed by atoms with Crippen molar-refractivity contribution in [3.05, 3.63) is 23.9 Å². The van der Waals surface area contributed by atoms with Gasteiger partial charge in [-0.3, -0.25) is 0 Å². The van der Waals surface area contributed by atoms with E-state index >= 15 is 0 Å². The SMILES string of the molecule is Fc1cnc(NN2CCCCC2)c(F)c1. The van der Waals surface area contributed by atoms with Crippen LogP contribution in [-0.4, -0.2) is 23.1 Å². The van der Waals surface area contributed by atoms with Crippen LogP contribution in [0.2, 0.25) is 0 Å². The number of piperidine rings is 1. The summed E-state index contributed by atoms with van der Waals surface area (Å²) in [5, 5.41) is 1.91. The molecule has 0 saturated carbocycles. The molecule has 1 aliphatic heterocycles. The van der Waals surface area contributed by atoms with Crippen molar-refractivity contribution >= 4 is 5.82 Å². The first-order valence-electron chi connectivity index (χ1n) is 5.08. The number of pyridine rings is 1. The molecular weight excluding hydrogens is 200 g/mol. The summed E-state index contributed by atoms with van der Waals surface area (Å²) >= 11 is 0. The van der Waals surface area contributed by atoms with Gasteiger partial charge >= 0.3 is 0 Å². The fraction of sp³-hybridized carbons (Fsp3) is 0.500. The molecule has 0 unspecified atom stereocenters. The van der Waals surface area contributed by atoms with Crippen LogP contribution >= 0.6 is 0 Å². The van der Waals surface area contributed by atoms with E-state index in [1.807, 2.05) is 5.01 Å². The van der Waals surface area contributed by atoms with E-state index < -0.39 is 11.6 Å². The standard InChI is InChI=1S/C10H13F2N3/c11-8-6-9(12)10(13-7-8)14-15-4-2-1-3-5-15/h6-7H,1-5H2,(H,13,14). The van der Waals surface area contributed by atoms with Crippen LogP contribution in [0, 0.1) is 11.6 Å². The predicted molar refractivity (Wildman–Crippen MR) is 53.2 cm³/mol. The van der Waals surface area contributed by atoms with Gasteiger partial charge in [0.05, 0.1) is 6.20 Å². The first kappa shape index (κ1) is 10.3. The molecule has 82 valence electrons. The number of halogens is 2. The zero-order valence-corrected chi connectivity index (χ0v) is 8.34. The smallest absolute Gasteiger partial charge is 0.177 e. The van der Waals surface area contributed by atoms with Gasteiger partial charge in [-0.2, -0.15) is 0 Å². The van der Waals surface area contributed by atoms with Crippen molar-refractivity contribution in [1.29, 1.82) is 0 Å². The third-order valence-corrected chi connectivity index (χ3v) is 2.43. The van der Waals surface area contributed by atoms with Gasteiger partial charge in [-0.15, -0.1) is 0 Å². The van der Waals surface area contributed by atoms with Gasteiger partial charge in [-0.25, -0.2) is 18.8 Å². The van der Waals surface area contributed by atoms with Crippen LogP contribution in [0.3, 0.4) is 0 Å². The maximum Gasteiger partial charge on any atom is 0.177 e. The molecule has 2 heterocycles. The topological polar surface area (TPSA) is 28.2 Å². The summed E-state index contributed by atoms with van der Waals surface area (Å²) < 4.78 is 25.8. The van der Waals surface area contributed by atoms with Crippen molar-refractivity contribution in [1.82, 2.24) is 9.99 Å². The Kier molecular flexibility index (Phi) is 3.11. The molecule has 0 radical (unpaired) electrons. The highest BCUT2D eigenvalue weighted by Crippen LogP contribution is 2.14. The molecule has 0 aromatic carbocycles. The number of rotatable bonds is 2. The normalized spacial score (nSPS) is 17.7. The molecule has 1 aliphatic rings. The lowest BCUT2D eigenvalue weighted by Gasteiger charge is -2.27. The molecule has 3 nitrogen and oxygen atoms in total. The molecule has 0 spiro atoms. The number of nitrogens with one attached hydrogen (secondary N) is 1. The maximum atomic E-state index is 13.2. The van der Waals surface area contributed by atoms with Gasteiger partial charge in [-0.05, 0) is 12.8 Å². The average Bonchev–Trinajstić information content (AvgIpc) is 2.24. The Hall–Kier alpha value is -1.23. The highest BCUT2D eigenvalue weighted by Gasteiger charge is 2.12. The van der Waals surface area contributed by atoms with Crippen LogP contribution in [0.4, 0.5) is 14.6 Å². The van der Waals surface area contributed by atoms with Crippen molar-refractivity contribution in [2.24, 2.45) is 0 Å². The number of hydrazine groups is 1. The molecular formula is C10H13F2N3. The Morgan fingerprint density at radius 3 is 2.60 bits per heavy atom. The fourth-order valence-corrected chi connectivity index (χ4v) is 1.65. The molecule has 15 heavy (non-hydrogen) atoms. The van der Waals surface area contributed by atoms with Crippen LogP contribution in [0.5, 0.6) is 0 Å². The van der Waals surface area contributed by atoms with E-state index in [-0.39, 0.29) is 5.82 Å².